The molecule has 116 valence electrons. The molecule has 1 amide bonds. The number of hydrogen-bond donors (Lipinski definition) is 1. The molecule has 1 unspecified atom stereocenters. The molecule has 0 bridgehead atoms. The highest BCUT2D eigenvalue weighted by Crippen LogP contribution is 2.37. The van der Waals surface area contributed by atoms with Crippen LogP contribution in [0.4, 0.5) is 0 Å². The van der Waals surface area contributed by atoms with Crippen molar-refractivity contribution in [2.24, 2.45) is 0 Å². The van der Waals surface area contributed by atoms with Crippen molar-refractivity contribution in [1.82, 2.24) is 25.5 Å². The van der Waals surface area contributed by atoms with E-state index in [9.17, 15) is 4.79 Å². The quantitative estimate of drug-likeness (QED) is 0.907. The Morgan fingerprint density at radius 1 is 1.45 bits per heavy atom. The SMILES string of the molecule is CCN(CCc1nn[nH]n1)C(=O)C1SCCc2ccccc21. The van der Waals surface area contributed by atoms with Gasteiger partial charge < -0.3 is 4.90 Å². The molecule has 1 aliphatic rings. The number of nitrogens with one attached hydrogen (secondary N) is 1. The molecule has 0 aliphatic carbocycles. The minimum absolute atomic E-state index is 0.0878. The lowest BCUT2D eigenvalue weighted by atomic mass is 10.0. The van der Waals surface area contributed by atoms with Crippen LogP contribution >= 0.6 is 11.8 Å². The van der Waals surface area contributed by atoms with Gasteiger partial charge in [0.25, 0.3) is 0 Å². The Kier molecular flexibility index (Phi) is 4.72. The standard InChI is InChI=1S/C15H19N5OS/c1-2-20(9-7-13-16-18-19-17-13)15(21)14-12-6-4-3-5-11(12)8-10-22-14/h3-6,14H,2,7-10H2,1H3,(H,16,17,18,19). The molecule has 1 aliphatic heterocycles. The van der Waals surface area contributed by atoms with Gasteiger partial charge in [0.2, 0.25) is 5.91 Å². The summed E-state index contributed by atoms with van der Waals surface area (Å²) in [6, 6.07) is 8.27. The highest BCUT2D eigenvalue weighted by atomic mass is 32.2. The first-order valence-corrected chi connectivity index (χ1v) is 8.55. The van der Waals surface area contributed by atoms with E-state index in [0.717, 1.165) is 12.2 Å². The van der Waals surface area contributed by atoms with Crippen LogP contribution in [0.15, 0.2) is 24.3 Å². The molecule has 0 spiro atoms. The lowest BCUT2D eigenvalue weighted by Gasteiger charge is -2.29. The van der Waals surface area contributed by atoms with Crippen molar-refractivity contribution in [2.45, 2.75) is 25.0 Å². The predicted octanol–water partition coefficient (Wildman–Crippen LogP) is 1.62. The number of aryl methyl sites for hydroxylation is 1. The van der Waals surface area contributed by atoms with Crippen LogP contribution in [0.1, 0.15) is 29.1 Å². The molecule has 1 aromatic carbocycles. The minimum Gasteiger partial charge on any atom is -0.341 e. The Balaban J connectivity index is 1.71. The third-order valence-electron chi connectivity index (χ3n) is 3.91. The van der Waals surface area contributed by atoms with E-state index in [4.69, 9.17) is 0 Å². The molecular formula is C15H19N5OS. The van der Waals surface area contributed by atoms with E-state index in [-0.39, 0.29) is 11.2 Å². The second kappa shape index (κ2) is 6.91. The number of aromatic amines is 1. The van der Waals surface area contributed by atoms with Crippen molar-refractivity contribution in [3.8, 4) is 0 Å². The molecular weight excluding hydrogens is 298 g/mol. The van der Waals surface area contributed by atoms with Crippen LogP contribution in [0.3, 0.4) is 0 Å². The second-order valence-corrected chi connectivity index (χ2v) is 6.41. The molecule has 0 saturated heterocycles. The zero-order valence-corrected chi connectivity index (χ0v) is 13.3. The number of rotatable bonds is 5. The number of tetrazole rings is 1. The van der Waals surface area contributed by atoms with Gasteiger partial charge in [0.15, 0.2) is 5.82 Å². The lowest BCUT2D eigenvalue weighted by molar-refractivity contribution is -0.130. The van der Waals surface area contributed by atoms with Crippen LogP contribution in [0.25, 0.3) is 0 Å². The number of nitrogens with zero attached hydrogens (tertiary/aromatic N) is 4. The summed E-state index contributed by atoms with van der Waals surface area (Å²) in [5, 5.41) is 13.8. The number of likely N-dealkylation sites (N-methyl/N-ethyl adjacent to an activating group) is 1. The Bertz CT molecular complexity index is 631. The largest absolute Gasteiger partial charge is 0.341 e. The number of thioether (sulfide) groups is 1. The fourth-order valence-electron chi connectivity index (χ4n) is 2.71. The van der Waals surface area contributed by atoms with Gasteiger partial charge in [-0.2, -0.15) is 5.21 Å². The van der Waals surface area contributed by atoms with Crippen molar-refractivity contribution in [3.63, 3.8) is 0 Å². The van der Waals surface area contributed by atoms with Crippen LogP contribution < -0.4 is 0 Å². The van der Waals surface area contributed by atoms with E-state index in [1.54, 1.807) is 11.8 Å². The monoisotopic (exact) mass is 317 g/mol. The van der Waals surface area contributed by atoms with Gasteiger partial charge in [0.1, 0.15) is 5.25 Å². The van der Waals surface area contributed by atoms with Crippen LogP contribution in [0, 0.1) is 0 Å². The fourth-order valence-corrected chi connectivity index (χ4v) is 3.99. The van der Waals surface area contributed by atoms with Crippen molar-refractivity contribution in [3.05, 3.63) is 41.2 Å². The van der Waals surface area contributed by atoms with Crippen LogP contribution in [-0.4, -0.2) is 50.3 Å². The smallest absolute Gasteiger partial charge is 0.240 e. The molecule has 2 heterocycles. The molecule has 0 radical (unpaired) electrons. The Morgan fingerprint density at radius 3 is 3.09 bits per heavy atom. The third-order valence-corrected chi connectivity index (χ3v) is 5.13. The van der Waals surface area contributed by atoms with Crippen LogP contribution in [0.5, 0.6) is 0 Å². The highest BCUT2D eigenvalue weighted by Gasteiger charge is 2.29. The molecule has 1 atom stereocenters. The van der Waals surface area contributed by atoms with Crippen LogP contribution in [0.2, 0.25) is 0 Å². The van der Waals surface area contributed by atoms with E-state index in [1.807, 2.05) is 24.0 Å². The molecule has 3 rings (SSSR count). The van der Waals surface area contributed by atoms with Gasteiger partial charge in [-0.1, -0.05) is 29.5 Å². The third kappa shape index (κ3) is 3.14. The minimum atomic E-state index is -0.0878. The maximum absolute atomic E-state index is 12.9. The summed E-state index contributed by atoms with van der Waals surface area (Å²) < 4.78 is 0. The van der Waals surface area contributed by atoms with E-state index in [1.165, 1.54) is 11.1 Å². The number of aromatic nitrogens is 4. The van der Waals surface area contributed by atoms with Gasteiger partial charge in [-0.25, -0.2) is 0 Å². The van der Waals surface area contributed by atoms with E-state index in [2.05, 4.69) is 32.8 Å². The Morgan fingerprint density at radius 2 is 2.32 bits per heavy atom. The normalized spacial score (nSPS) is 17.0. The van der Waals surface area contributed by atoms with Gasteiger partial charge in [0, 0.05) is 19.5 Å². The first-order chi connectivity index (χ1) is 10.8. The second-order valence-electron chi connectivity index (χ2n) is 5.20. The van der Waals surface area contributed by atoms with Crippen molar-refractivity contribution in [1.29, 1.82) is 0 Å². The number of benzene rings is 1. The lowest BCUT2D eigenvalue weighted by Crippen LogP contribution is -2.37. The molecule has 22 heavy (non-hydrogen) atoms. The number of hydrogen-bond acceptors (Lipinski definition) is 5. The van der Waals surface area contributed by atoms with Crippen LogP contribution in [-0.2, 0) is 17.6 Å². The topological polar surface area (TPSA) is 74.8 Å². The van der Waals surface area contributed by atoms with Gasteiger partial charge in [-0.3, -0.25) is 4.79 Å². The van der Waals surface area contributed by atoms with Gasteiger partial charge in [-0.05, 0) is 30.2 Å². The molecule has 2 aromatic rings. The number of carbonyl (C=O) groups is 1. The summed E-state index contributed by atoms with van der Waals surface area (Å²) in [5.41, 5.74) is 2.47. The summed E-state index contributed by atoms with van der Waals surface area (Å²) in [6.07, 6.45) is 1.66. The van der Waals surface area contributed by atoms with E-state index < -0.39 is 0 Å². The molecule has 6 nitrogen and oxygen atoms in total. The van der Waals surface area contributed by atoms with Crippen molar-refractivity contribution in [2.75, 3.05) is 18.8 Å². The maximum atomic E-state index is 12.9. The fraction of sp³-hybridized carbons (Fsp3) is 0.467. The molecule has 7 heteroatoms. The molecule has 0 saturated carbocycles. The molecule has 1 N–H and O–H groups in total. The summed E-state index contributed by atoms with van der Waals surface area (Å²) in [6.45, 7) is 3.32. The number of fused-ring (bicyclic) bond motifs is 1. The van der Waals surface area contributed by atoms with Crippen molar-refractivity contribution < 1.29 is 4.79 Å². The van der Waals surface area contributed by atoms with Crippen molar-refractivity contribution >= 4 is 17.7 Å². The summed E-state index contributed by atoms with van der Waals surface area (Å²) in [5.74, 6) is 1.82. The first-order valence-electron chi connectivity index (χ1n) is 7.50. The average Bonchev–Trinajstić information content (AvgIpc) is 3.08. The van der Waals surface area contributed by atoms with Gasteiger partial charge >= 0.3 is 0 Å². The zero-order chi connectivity index (χ0) is 15.4. The summed E-state index contributed by atoms with van der Waals surface area (Å²) in [7, 11) is 0. The van der Waals surface area contributed by atoms with E-state index in [0.29, 0.717) is 25.3 Å². The number of amides is 1. The molecule has 1 aromatic heterocycles. The van der Waals surface area contributed by atoms with Gasteiger partial charge in [-0.15, -0.1) is 22.0 Å². The predicted molar refractivity (Wildman–Crippen MR) is 85.5 cm³/mol. The Hall–Kier alpha value is -1.89. The maximum Gasteiger partial charge on any atom is 0.240 e. The number of carbonyl (C=O) groups excluding carboxylic acids is 1. The highest BCUT2D eigenvalue weighted by molar-refractivity contribution is 8.00. The number of H-pyrrole nitrogens is 1. The molecule has 0 fully saturated rings. The summed E-state index contributed by atoms with van der Waals surface area (Å²) in [4.78, 5) is 14.8. The first kappa shape index (κ1) is 15.0. The average molecular weight is 317 g/mol. The Labute approximate surface area is 133 Å². The van der Waals surface area contributed by atoms with Gasteiger partial charge in [0.05, 0.1) is 0 Å². The van der Waals surface area contributed by atoms with E-state index >= 15 is 0 Å². The zero-order valence-electron chi connectivity index (χ0n) is 12.5. The summed E-state index contributed by atoms with van der Waals surface area (Å²) >= 11 is 1.74.